The second-order valence-corrected chi connectivity index (χ2v) is 4.51. The fourth-order valence-corrected chi connectivity index (χ4v) is 1.88. The lowest BCUT2D eigenvalue weighted by molar-refractivity contribution is -0.123. The van der Waals surface area contributed by atoms with Gasteiger partial charge in [-0.25, -0.2) is 9.97 Å². The van der Waals surface area contributed by atoms with Crippen LogP contribution >= 0.6 is 23.2 Å². The lowest BCUT2D eigenvalue weighted by Crippen LogP contribution is -2.56. The molecule has 0 saturated heterocycles. The third-order valence-corrected chi connectivity index (χ3v) is 3.26. The Hall–Kier alpha value is -0.910. The van der Waals surface area contributed by atoms with E-state index in [1.165, 1.54) is 6.33 Å². The molecule has 0 aliphatic heterocycles. The van der Waals surface area contributed by atoms with Crippen molar-refractivity contribution >= 4 is 34.8 Å². The molecule has 16 heavy (non-hydrogen) atoms. The molecule has 7 heteroatoms. The van der Waals surface area contributed by atoms with E-state index in [0.717, 1.165) is 6.42 Å². The number of halogens is 2. The molecule has 1 aromatic heterocycles. The summed E-state index contributed by atoms with van der Waals surface area (Å²) in [5, 5.41) is 2.78. The number of nitrogens with two attached hydrogens (primary N) is 1. The van der Waals surface area contributed by atoms with Crippen molar-refractivity contribution in [3.8, 4) is 0 Å². The zero-order valence-electron chi connectivity index (χ0n) is 8.33. The molecule has 0 spiro atoms. The molecule has 1 aromatic rings. The van der Waals surface area contributed by atoms with Crippen molar-refractivity contribution in [2.24, 2.45) is 5.73 Å². The molecule has 1 fully saturated rings. The Labute approximate surface area is 102 Å². The summed E-state index contributed by atoms with van der Waals surface area (Å²) in [4.78, 5) is 19.3. The zero-order valence-corrected chi connectivity index (χ0v) is 9.85. The monoisotopic (exact) mass is 260 g/mol. The van der Waals surface area contributed by atoms with Crippen molar-refractivity contribution in [2.75, 3.05) is 5.32 Å². The van der Waals surface area contributed by atoms with Gasteiger partial charge in [0.2, 0.25) is 5.91 Å². The summed E-state index contributed by atoms with van der Waals surface area (Å²) in [6, 6.07) is 0. The predicted molar refractivity (Wildman–Crippen MR) is 61.5 cm³/mol. The normalized spacial score (nSPS) is 17.7. The van der Waals surface area contributed by atoms with Gasteiger partial charge < -0.3 is 11.1 Å². The SMILES string of the molecule is NC1(C(=O)Nc2c(Cl)ncnc2Cl)CCC1. The van der Waals surface area contributed by atoms with Crippen molar-refractivity contribution in [3.05, 3.63) is 16.6 Å². The van der Waals surface area contributed by atoms with Crippen LogP contribution in [-0.2, 0) is 4.79 Å². The van der Waals surface area contributed by atoms with E-state index in [4.69, 9.17) is 28.9 Å². The minimum atomic E-state index is -0.803. The van der Waals surface area contributed by atoms with Crippen LogP contribution in [-0.4, -0.2) is 21.4 Å². The molecule has 1 heterocycles. The summed E-state index contributed by atoms with van der Waals surface area (Å²) in [6.45, 7) is 0. The summed E-state index contributed by atoms with van der Waals surface area (Å²) in [5.41, 5.74) is 5.27. The molecule has 0 bridgehead atoms. The first-order valence-corrected chi connectivity index (χ1v) is 5.55. The van der Waals surface area contributed by atoms with Gasteiger partial charge in [-0.05, 0) is 19.3 Å². The van der Waals surface area contributed by atoms with Crippen molar-refractivity contribution in [1.82, 2.24) is 9.97 Å². The molecule has 1 aliphatic rings. The third-order valence-electron chi connectivity index (χ3n) is 2.69. The summed E-state index contributed by atoms with van der Waals surface area (Å²) in [5.74, 6) is -0.294. The van der Waals surface area contributed by atoms with E-state index in [1.807, 2.05) is 0 Å². The molecular formula is C9H10Cl2N4O. The van der Waals surface area contributed by atoms with Crippen LogP contribution in [0.1, 0.15) is 19.3 Å². The van der Waals surface area contributed by atoms with Gasteiger partial charge in [0.15, 0.2) is 10.3 Å². The van der Waals surface area contributed by atoms with Crippen molar-refractivity contribution in [1.29, 1.82) is 0 Å². The lowest BCUT2D eigenvalue weighted by atomic mass is 9.77. The van der Waals surface area contributed by atoms with E-state index in [0.29, 0.717) is 12.8 Å². The van der Waals surface area contributed by atoms with Crippen molar-refractivity contribution < 1.29 is 4.79 Å². The molecule has 0 atom stereocenters. The van der Waals surface area contributed by atoms with Crippen LogP contribution < -0.4 is 11.1 Å². The zero-order chi connectivity index (χ0) is 11.8. The molecule has 3 N–H and O–H groups in total. The first kappa shape index (κ1) is 11.6. The van der Waals surface area contributed by atoms with Crippen molar-refractivity contribution in [2.45, 2.75) is 24.8 Å². The van der Waals surface area contributed by atoms with Crippen LogP contribution in [0.2, 0.25) is 10.3 Å². The molecule has 1 amide bonds. The van der Waals surface area contributed by atoms with Gasteiger partial charge in [-0.2, -0.15) is 0 Å². The standard InChI is InChI=1S/C9H10Cl2N4O/c10-6-5(7(11)14-4-13-6)15-8(16)9(12)2-1-3-9/h4H,1-3,12H2,(H,15,16). The number of anilines is 1. The topological polar surface area (TPSA) is 80.9 Å². The fourth-order valence-electron chi connectivity index (χ4n) is 1.47. The number of hydrogen-bond acceptors (Lipinski definition) is 4. The van der Waals surface area contributed by atoms with Gasteiger partial charge in [-0.3, -0.25) is 4.79 Å². The van der Waals surface area contributed by atoms with Crippen LogP contribution in [0.15, 0.2) is 6.33 Å². The van der Waals surface area contributed by atoms with Gasteiger partial charge >= 0.3 is 0 Å². The summed E-state index contributed by atoms with van der Waals surface area (Å²) >= 11 is 11.6. The van der Waals surface area contributed by atoms with Crippen LogP contribution in [0.4, 0.5) is 5.69 Å². The second kappa shape index (κ2) is 4.16. The fraction of sp³-hybridized carbons (Fsp3) is 0.444. The molecule has 0 radical (unpaired) electrons. The number of rotatable bonds is 2. The highest BCUT2D eigenvalue weighted by atomic mass is 35.5. The molecule has 1 saturated carbocycles. The number of nitrogens with zero attached hydrogens (tertiary/aromatic N) is 2. The summed E-state index contributed by atoms with van der Waals surface area (Å²) < 4.78 is 0. The van der Waals surface area contributed by atoms with Gasteiger partial charge in [0.25, 0.3) is 0 Å². The number of amides is 1. The Morgan fingerprint density at radius 1 is 1.38 bits per heavy atom. The summed E-state index contributed by atoms with van der Waals surface area (Å²) in [6.07, 6.45) is 3.52. The third kappa shape index (κ3) is 1.98. The average molecular weight is 261 g/mol. The smallest absolute Gasteiger partial charge is 0.244 e. The van der Waals surface area contributed by atoms with Gasteiger partial charge in [0.1, 0.15) is 12.0 Å². The first-order valence-electron chi connectivity index (χ1n) is 4.79. The molecule has 0 unspecified atom stereocenters. The van der Waals surface area contributed by atoms with E-state index in [1.54, 1.807) is 0 Å². The molecule has 86 valence electrons. The van der Waals surface area contributed by atoms with Crippen LogP contribution in [0.5, 0.6) is 0 Å². The number of carbonyl (C=O) groups excluding carboxylic acids is 1. The van der Waals surface area contributed by atoms with E-state index in [9.17, 15) is 4.79 Å². The highest BCUT2D eigenvalue weighted by Crippen LogP contribution is 2.32. The highest BCUT2D eigenvalue weighted by Gasteiger charge is 2.40. The average Bonchev–Trinajstić information content (AvgIpc) is 2.20. The Balaban J connectivity index is 2.18. The van der Waals surface area contributed by atoms with Gasteiger partial charge in [0.05, 0.1) is 5.54 Å². The quantitative estimate of drug-likeness (QED) is 0.792. The Morgan fingerprint density at radius 3 is 2.38 bits per heavy atom. The van der Waals surface area contributed by atoms with E-state index in [-0.39, 0.29) is 21.9 Å². The molecule has 2 rings (SSSR count). The minimum absolute atomic E-state index is 0.108. The van der Waals surface area contributed by atoms with E-state index < -0.39 is 5.54 Å². The molecule has 0 aromatic carbocycles. The number of aromatic nitrogens is 2. The molecule has 1 aliphatic carbocycles. The van der Waals surface area contributed by atoms with Gasteiger partial charge in [-0.15, -0.1) is 0 Å². The van der Waals surface area contributed by atoms with Crippen LogP contribution in [0.3, 0.4) is 0 Å². The van der Waals surface area contributed by atoms with Crippen LogP contribution in [0, 0.1) is 0 Å². The van der Waals surface area contributed by atoms with Gasteiger partial charge in [0, 0.05) is 0 Å². The molecular weight excluding hydrogens is 251 g/mol. The Morgan fingerprint density at radius 2 is 1.94 bits per heavy atom. The Bertz CT molecular complexity index is 413. The minimum Gasteiger partial charge on any atom is -0.319 e. The summed E-state index contributed by atoms with van der Waals surface area (Å²) in [7, 11) is 0. The predicted octanol–water partition coefficient (Wildman–Crippen LogP) is 1.60. The maximum Gasteiger partial charge on any atom is 0.244 e. The second-order valence-electron chi connectivity index (χ2n) is 3.79. The number of carbonyl (C=O) groups is 1. The van der Waals surface area contributed by atoms with E-state index in [2.05, 4.69) is 15.3 Å². The van der Waals surface area contributed by atoms with Crippen molar-refractivity contribution in [3.63, 3.8) is 0 Å². The van der Waals surface area contributed by atoms with E-state index >= 15 is 0 Å². The lowest BCUT2D eigenvalue weighted by Gasteiger charge is -2.36. The largest absolute Gasteiger partial charge is 0.319 e. The van der Waals surface area contributed by atoms with Gasteiger partial charge in [-0.1, -0.05) is 23.2 Å². The molecule has 5 nitrogen and oxygen atoms in total. The number of nitrogens with one attached hydrogen (secondary N) is 1. The highest BCUT2D eigenvalue weighted by molar-refractivity contribution is 6.38. The number of hydrogen-bond donors (Lipinski definition) is 2. The maximum absolute atomic E-state index is 11.8. The Kier molecular flexibility index (Phi) is 3.01. The van der Waals surface area contributed by atoms with Crippen LogP contribution in [0.25, 0.3) is 0 Å². The maximum atomic E-state index is 11.8. The first-order chi connectivity index (χ1) is 7.53.